The molecule has 2 aromatic carbocycles. The lowest BCUT2D eigenvalue weighted by atomic mass is 9.73. The topological polar surface area (TPSA) is 34.1 Å². The van der Waals surface area contributed by atoms with Crippen LogP contribution in [0.1, 0.15) is 46.9 Å². The van der Waals surface area contributed by atoms with Crippen LogP contribution in [0.25, 0.3) is 0 Å². The molecule has 0 radical (unpaired) electrons. The molecule has 0 aromatic heterocycles. The van der Waals surface area contributed by atoms with Crippen LogP contribution in [0.3, 0.4) is 0 Å². The van der Waals surface area contributed by atoms with Gasteiger partial charge in [0.2, 0.25) is 0 Å². The number of hydrogen-bond acceptors (Lipinski definition) is 2. The SMILES string of the molecule is Cc1ccc(C2CC(=O)C(c3c(Cl)cc(Cl)cc3Cl)C(=O)C2)c(C)c1. The summed E-state index contributed by atoms with van der Waals surface area (Å²) < 4.78 is 0. The second-order valence-corrected chi connectivity index (χ2v) is 7.86. The molecule has 1 aliphatic carbocycles. The predicted octanol–water partition coefficient (Wildman–Crippen LogP) is 6.06. The molecule has 0 atom stereocenters. The van der Waals surface area contributed by atoms with Gasteiger partial charge in [0, 0.05) is 33.5 Å². The third-order valence-corrected chi connectivity index (χ3v) is 5.58. The maximum atomic E-state index is 12.8. The molecular weight excluding hydrogens is 379 g/mol. The van der Waals surface area contributed by atoms with Crippen molar-refractivity contribution in [1.29, 1.82) is 0 Å². The molecule has 2 nitrogen and oxygen atoms in total. The Balaban J connectivity index is 1.94. The Morgan fingerprint density at radius 3 is 1.96 bits per heavy atom. The van der Waals surface area contributed by atoms with Crippen molar-refractivity contribution in [3.63, 3.8) is 0 Å². The second kappa shape index (κ2) is 7.11. The summed E-state index contributed by atoms with van der Waals surface area (Å²) in [5.41, 5.74) is 3.69. The van der Waals surface area contributed by atoms with Crippen molar-refractivity contribution in [2.75, 3.05) is 0 Å². The first kappa shape index (κ1) is 18.4. The number of benzene rings is 2. The van der Waals surface area contributed by atoms with Gasteiger partial charge in [0.25, 0.3) is 0 Å². The number of rotatable bonds is 2. The lowest BCUT2D eigenvalue weighted by Crippen LogP contribution is -2.31. The Bertz CT molecular complexity index is 832. The lowest BCUT2D eigenvalue weighted by molar-refractivity contribution is -0.132. The van der Waals surface area contributed by atoms with Gasteiger partial charge in [0.15, 0.2) is 0 Å². The first-order valence-electron chi connectivity index (χ1n) is 8.05. The van der Waals surface area contributed by atoms with E-state index in [1.807, 2.05) is 26.0 Å². The molecule has 0 spiro atoms. The van der Waals surface area contributed by atoms with Crippen LogP contribution in [0, 0.1) is 13.8 Å². The van der Waals surface area contributed by atoms with E-state index in [0.29, 0.717) is 23.4 Å². The number of aryl methyl sites for hydroxylation is 2. The summed E-state index contributed by atoms with van der Waals surface area (Å²) >= 11 is 18.4. The van der Waals surface area contributed by atoms with Crippen molar-refractivity contribution in [2.45, 2.75) is 38.5 Å². The highest BCUT2D eigenvalue weighted by molar-refractivity contribution is 6.40. The fourth-order valence-electron chi connectivity index (χ4n) is 3.63. The Hall–Kier alpha value is -1.35. The quantitative estimate of drug-likeness (QED) is 0.579. The summed E-state index contributed by atoms with van der Waals surface area (Å²) in [6.07, 6.45) is 0.602. The van der Waals surface area contributed by atoms with Gasteiger partial charge in [-0.25, -0.2) is 0 Å². The van der Waals surface area contributed by atoms with Gasteiger partial charge < -0.3 is 0 Å². The van der Waals surface area contributed by atoms with Crippen LogP contribution in [-0.4, -0.2) is 11.6 Å². The molecule has 1 aliphatic rings. The van der Waals surface area contributed by atoms with E-state index in [1.165, 1.54) is 12.1 Å². The Labute approximate surface area is 162 Å². The van der Waals surface area contributed by atoms with Gasteiger partial charge in [-0.1, -0.05) is 58.6 Å². The first-order valence-corrected chi connectivity index (χ1v) is 9.18. The zero-order chi connectivity index (χ0) is 18.3. The zero-order valence-electron chi connectivity index (χ0n) is 13.9. The highest BCUT2D eigenvalue weighted by atomic mass is 35.5. The summed E-state index contributed by atoms with van der Waals surface area (Å²) in [5, 5.41) is 0.894. The normalized spacial score (nSPS) is 20.8. The van der Waals surface area contributed by atoms with E-state index in [0.717, 1.165) is 16.7 Å². The molecule has 0 unspecified atom stereocenters. The average molecular weight is 396 g/mol. The molecule has 0 N–H and O–H groups in total. The predicted molar refractivity (Wildman–Crippen MR) is 102 cm³/mol. The first-order chi connectivity index (χ1) is 11.8. The van der Waals surface area contributed by atoms with Crippen molar-refractivity contribution in [3.05, 3.63) is 67.7 Å². The van der Waals surface area contributed by atoms with Crippen LogP contribution in [0.4, 0.5) is 0 Å². The van der Waals surface area contributed by atoms with Gasteiger partial charge in [-0.2, -0.15) is 0 Å². The maximum Gasteiger partial charge on any atom is 0.148 e. The third-order valence-electron chi connectivity index (χ3n) is 4.74. The number of carbonyl (C=O) groups excluding carboxylic acids is 2. The van der Waals surface area contributed by atoms with Gasteiger partial charge in [0.1, 0.15) is 17.5 Å². The monoisotopic (exact) mass is 394 g/mol. The standard InChI is InChI=1S/C20H17Cl3O2/c1-10-3-4-14(11(2)5-10)12-6-17(24)20(18(25)7-12)19-15(22)8-13(21)9-16(19)23/h3-5,8-9,12,20H,6-7H2,1-2H3. The Morgan fingerprint density at radius 2 is 1.44 bits per heavy atom. The second-order valence-electron chi connectivity index (χ2n) is 6.61. The van der Waals surface area contributed by atoms with Gasteiger partial charge in [-0.05, 0) is 43.0 Å². The fraction of sp³-hybridized carbons (Fsp3) is 0.300. The van der Waals surface area contributed by atoms with Crippen LogP contribution in [-0.2, 0) is 9.59 Å². The number of Topliss-reactive ketones (excluding diaryl/α,β-unsaturated/α-hetero) is 2. The molecule has 0 heterocycles. The van der Waals surface area contributed by atoms with Crippen LogP contribution >= 0.6 is 34.8 Å². The molecule has 2 aromatic rings. The summed E-state index contributed by atoms with van der Waals surface area (Å²) in [7, 11) is 0. The summed E-state index contributed by atoms with van der Waals surface area (Å²) in [5.74, 6) is -1.29. The van der Waals surface area contributed by atoms with E-state index in [4.69, 9.17) is 34.8 Å². The average Bonchev–Trinajstić information content (AvgIpc) is 2.48. The van der Waals surface area contributed by atoms with E-state index < -0.39 is 5.92 Å². The van der Waals surface area contributed by atoms with Crippen molar-refractivity contribution < 1.29 is 9.59 Å². The number of halogens is 3. The summed E-state index contributed by atoms with van der Waals surface area (Å²) in [4.78, 5) is 25.6. The lowest BCUT2D eigenvalue weighted by Gasteiger charge is -2.29. The van der Waals surface area contributed by atoms with Gasteiger partial charge in [-0.3, -0.25) is 9.59 Å². The summed E-state index contributed by atoms with van der Waals surface area (Å²) in [6, 6.07) is 9.13. The van der Waals surface area contributed by atoms with E-state index in [2.05, 4.69) is 6.07 Å². The van der Waals surface area contributed by atoms with E-state index in [9.17, 15) is 9.59 Å². The minimum atomic E-state index is -0.903. The van der Waals surface area contributed by atoms with Crippen molar-refractivity contribution in [1.82, 2.24) is 0 Å². The molecule has 3 rings (SSSR count). The van der Waals surface area contributed by atoms with Gasteiger partial charge >= 0.3 is 0 Å². The Morgan fingerprint density at radius 1 is 0.880 bits per heavy atom. The Kier molecular flexibility index (Phi) is 5.24. The molecule has 1 fully saturated rings. The number of ketones is 2. The fourth-order valence-corrected chi connectivity index (χ4v) is 4.66. The molecule has 25 heavy (non-hydrogen) atoms. The number of carbonyl (C=O) groups is 2. The molecule has 0 saturated heterocycles. The largest absolute Gasteiger partial charge is 0.298 e. The highest BCUT2D eigenvalue weighted by Gasteiger charge is 2.39. The smallest absolute Gasteiger partial charge is 0.148 e. The van der Waals surface area contributed by atoms with Crippen molar-refractivity contribution in [2.24, 2.45) is 0 Å². The maximum absolute atomic E-state index is 12.8. The molecular formula is C20H17Cl3O2. The summed E-state index contributed by atoms with van der Waals surface area (Å²) in [6.45, 7) is 4.03. The molecule has 1 saturated carbocycles. The van der Waals surface area contributed by atoms with Crippen LogP contribution in [0.2, 0.25) is 15.1 Å². The van der Waals surface area contributed by atoms with Gasteiger partial charge in [0.05, 0.1) is 0 Å². The van der Waals surface area contributed by atoms with Crippen LogP contribution in [0.5, 0.6) is 0 Å². The van der Waals surface area contributed by atoms with Gasteiger partial charge in [-0.15, -0.1) is 0 Å². The number of hydrogen-bond donors (Lipinski definition) is 0. The van der Waals surface area contributed by atoms with E-state index in [-0.39, 0.29) is 27.5 Å². The molecule has 130 valence electrons. The minimum absolute atomic E-state index is 0.0956. The van der Waals surface area contributed by atoms with Crippen LogP contribution < -0.4 is 0 Å². The molecule has 5 heteroatoms. The molecule has 0 amide bonds. The van der Waals surface area contributed by atoms with Crippen molar-refractivity contribution >= 4 is 46.4 Å². The highest BCUT2D eigenvalue weighted by Crippen LogP contribution is 2.42. The zero-order valence-corrected chi connectivity index (χ0v) is 16.2. The van der Waals surface area contributed by atoms with Crippen molar-refractivity contribution in [3.8, 4) is 0 Å². The third kappa shape index (κ3) is 3.62. The van der Waals surface area contributed by atoms with E-state index in [1.54, 1.807) is 0 Å². The molecule has 0 aliphatic heterocycles. The van der Waals surface area contributed by atoms with Crippen LogP contribution in [0.15, 0.2) is 30.3 Å². The van der Waals surface area contributed by atoms with E-state index >= 15 is 0 Å². The minimum Gasteiger partial charge on any atom is -0.298 e. The molecule has 0 bridgehead atoms.